The number of rotatable bonds is 7. The molecule has 1 saturated carbocycles. The maximum absolute atomic E-state index is 13.6. The van der Waals surface area contributed by atoms with Crippen molar-refractivity contribution in [2.45, 2.75) is 43.5 Å². The highest BCUT2D eigenvalue weighted by Gasteiger charge is 2.40. The van der Waals surface area contributed by atoms with Crippen LogP contribution in [-0.2, 0) is 16.1 Å². The van der Waals surface area contributed by atoms with Crippen LogP contribution in [0, 0.1) is 0 Å². The van der Waals surface area contributed by atoms with Gasteiger partial charge < -0.3 is 15.0 Å². The number of nitrogens with one attached hydrogen (secondary N) is 1. The van der Waals surface area contributed by atoms with Gasteiger partial charge in [-0.25, -0.2) is 0 Å². The molecule has 2 atom stereocenters. The van der Waals surface area contributed by atoms with Gasteiger partial charge in [-0.3, -0.25) is 14.5 Å². The van der Waals surface area contributed by atoms with E-state index in [1.807, 2.05) is 59.5 Å². The monoisotopic (exact) mass is 539 g/mol. The number of morpholine rings is 1. The summed E-state index contributed by atoms with van der Waals surface area (Å²) in [4.78, 5) is 31.3. The second kappa shape index (κ2) is 12.5. The Morgan fingerprint density at radius 2 is 1.89 bits per heavy atom. The van der Waals surface area contributed by atoms with Gasteiger partial charge in [0.2, 0.25) is 0 Å². The van der Waals surface area contributed by atoms with E-state index < -0.39 is 0 Å². The molecule has 8 heteroatoms. The number of benzene rings is 2. The van der Waals surface area contributed by atoms with E-state index in [1.165, 1.54) is 6.42 Å². The Kier molecular flexibility index (Phi) is 8.87. The lowest BCUT2D eigenvalue weighted by molar-refractivity contribution is -0.130. The number of hydrogen-bond acceptors (Lipinski definition) is 5. The van der Waals surface area contributed by atoms with E-state index in [1.54, 1.807) is 11.8 Å². The van der Waals surface area contributed by atoms with Crippen LogP contribution in [0.2, 0.25) is 5.02 Å². The van der Waals surface area contributed by atoms with Crippen molar-refractivity contribution in [3.05, 3.63) is 75.1 Å². The summed E-state index contributed by atoms with van der Waals surface area (Å²) in [6.45, 7) is 5.34. The Labute approximate surface area is 228 Å². The van der Waals surface area contributed by atoms with Crippen LogP contribution in [0.1, 0.15) is 47.2 Å². The standard InChI is InChI=1S/C29H34ClN3O3S/c30-24-5-3-4-22(18-24)20-33-25-6-1-2-7-26(25)37-27(29(33)35)19-21-8-10-23(11-9-21)28(34)31-12-13-32-14-16-36-17-15-32/h3-5,8-11,18-19,25-26H,1-2,6-7,12-17,20H2,(H,31,34)/b27-19+. The molecule has 2 aromatic rings. The van der Waals surface area contributed by atoms with Gasteiger partial charge in [0.1, 0.15) is 0 Å². The van der Waals surface area contributed by atoms with Crippen LogP contribution < -0.4 is 5.32 Å². The number of fused-ring (bicyclic) bond motifs is 1. The molecular weight excluding hydrogens is 506 g/mol. The topological polar surface area (TPSA) is 61.9 Å². The van der Waals surface area contributed by atoms with E-state index in [-0.39, 0.29) is 17.9 Å². The van der Waals surface area contributed by atoms with Crippen LogP contribution in [0.15, 0.2) is 53.4 Å². The molecule has 0 spiro atoms. The molecule has 3 aliphatic rings. The Hall–Kier alpha value is -2.32. The summed E-state index contributed by atoms with van der Waals surface area (Å²) in [5, 5.41) is 4.11. The number of amides is 2. The third-order valence-corrected chi connectivity index (χ3v) is 8.98. The van der Waals surface area contributed by atoms with Gasteiger partial charge in [0.25, 0.3) is 11.8 Å². The Balaban J connectivity index is 1.25. The number of carbonyl (C=O) groups excluding carboxylic acids is 2. The lowest BCUT2D eigenvalue weighted by Gasteiger charge is -2.44. The molecule has 2 heterocycles. The van der Waals surface area contributed by atoms with Crippen molar-refractivity contribution < 1.29 is 14.3 Å². The van der Waals surface area contributed by atoms with Gasteiger partial charge in [-0.1, -0.05) is 48.7 Å². The minimum Gasteiger partial charge on any atom is -0.379 e. The first-order chi connectivity index (χ1) is 18.1. The molecule has 1 aliphatic carbocycles. The second-order valence-corrected chi connectivity index (χ2v) is 11.6. The number of carbonyl (C=O) groups is 2. The molecule has 0 radical (unpaired) electrons. The number of halogens is 1. The van der Waals surface area contributed by atoms with Gasteiger partial charge in [-0.2, -0.15) is 0 Å². The zero-order chi connectivity index (χ0) is 25.6. The van der Waals surface area contributed by atoms with E-state index in [4.69, 9.17) is 16.3 Å². The van der Waals surface area contributed by atoms with Crippen molar-refractivity contribution in [3.8, 4) is 0 Å². The van der Waals surface area contributed by atoms with Gasteiger partial charge in [0.05, 0.1) is 18.1 Å². The van der Waals surface area contributed by atoms with Crippen LogP contribution in [0.4, 0.5) is 0 Å². The first kappa shape index (κ1) is 26.3. The maximum Gasteiger partial charge on any atom is 0.260 e. The minimum absolute atomic E-state index is 0.0756. The summed E-state index contributed by atoms with van der Waals surface area (Å²) in [7, 11) is 0. The smallest absolute Gasteiger partial charge is 0.260 e. The van der Waals surface area contributed by atoms with E-state index in [9.17, 15) is 9.59 Å². The van der Waals surface area contributed by atoms with Gasteiger partial charge in [-0.15, -0.1) is 11.8 Å². The van der Waals surface area contributed by atoms with Crippen LogP contribution in [-0.4, -0.2) is 72.3 Å². The molecule has 2 saturated heterocycles. The summed E-state index contributed by atoms with van der Waals surface area (Å²) in [5.41, 5.74) is 2.61. The van der Waals surface area contributed by atoms with Crippen molar-refractivity contribution in [1.29, 1.82) is 0 Å². The summed E-state index contributed by atoms with van der Waals surface area (Å²) in [6, 6.07) is 15.6. The van der Waals surface area contributed by atoms with Gasteiger partial charge in [-0.05, 0) is 54.3 Å². The molecule has 5 rings (SSSR count). The first-order valence-corrected chi connectivity index (χ1v) is 14.4. The third-order valence-electron chi connectivity index (χ3n) is 7.35. The normalized spacial score (nSPS) is 23.6. The second-order valence-electron chi connectivity index (χ2n) is 9.91. The lowest BCUT2D eigenvalue weighted by Crippen LogP contribution is -2.50. The maximum atomic E-state index is 13.6. The Morgan fingerprint density at radius 1 is 1.11 bits per heavy atom. The van der Waals surface area contributed by atoms with Crippen LogP contribution >= 0.6 is 23.4 Å². The van der Waals surface area contributed by atoms with E-state index in [2.05, 4.69) is 10.2 Å². The molecule has 0 aromatic heterocycles. The fraction of sp³-hybridized carbons (Fsp3) is 0.448. The van der Waals surface area contributed by atoms with E-state index in [0.29, 0.717) is 28.9 Å². The molecule has 37 heavy (non-hydrogen) atoms. The molecule has 2 aromatic carbocycles. The Bertz CT molecular complexity index is 1130. The molecule has 2 aliphatic heterocycles. The number of hydrogen-bond donors (Lipinski definition) is 1. The predicted octanol–water partition coefficient (Wildman–Crippen LogP) is 4.83. The minimum atomic E-state index is -0.0756. The van der Waals surface area contributed by atoms with Crippen molar-refractivity contribution in [2.75, 3.05) is 39.4 Å². The van der Waals surface area contributed by atoms with Gasteiger partial charge in [0.15, 0.2) is 0 Å². The zero-order valence-electron chi connectivity index (χ0n) is 21.0. The van der Waals surface area contributed by atoms with E-state index >= 15 is 0 Å². The van der Waals surface area contributed by atoms with E-state index in [0.717, 1.165) is 68.1 Å². The van der Waals surface area contributed by atoms with Crippen molar-refractivity contribution in [2.24, 2.45) is 0 Å². The summed E-state index contributed by atoms with van der Waals surface area (Å²) in [6.07, 6.45) is 6.51. The average molecular weight is 540 g/mol. The molecule has 1 N–H and O–H groups in total. The fourth-order valence-electron chi connectivity index (χ4n) is 5.33. The van der Waals surface area contributed by atoms with Crippen LogP contribution in [0.3, 0.4) is 0 Å². The van der Waals surface area contributed by atoms with Crippen LogP contribution in [0.25, 0.3) is 6.08 Å². The molecule has 2 unspecified atom stereocenters. The highest BCUT2D eigenvalue weighted by atomic mass is 35.5. The lowest BCUT2D eigenvalue weighted by atomic mass is 9.92. The third kappa shape index (κ3) is 6.77. The SMILES string of the molecule is O=C(NCCN1CCOCC1)c1ccc(/C=C2/SC3CCCCC3N(Cc3cccc(Cl)c3)C2=O)cc1. The van der Waals surface area contributed by atoms with Gasteiger partial charge >= 0.3 is 0 Å². The van der Waals surface area contributed by atoms with Crippen LogP contribution in [0.5, 0.6) is 0 Å². The number of nitrogens with zero attached hydrogens (tertiary/aromatic N) is 2. The molecular formula is C29H34ClN3O3S. The zero-order valence-corrected chi connectivity index (χ0v) is 22.6. The summed E-state index contributed by atoms with van der Waals surface area (Å²) in [5.74, 6) is 0.00591. The predicted molar refractivity (Wildman–Crippen MR) is 150 cm³/mol. The highest BCUT2D eigenvalue weighted by Crippen LogP contribution is 2.42. The largest absolute Gasteiger partial charge is 0.379 e. The molecule has 196 valence electrons. The van der Waals surface area contributed by atoms with Gasteiger partial charge in [0, 0.05) is 54.6 Å². The first-order valence-electron chi connectivity index (χ1n) is 13.2. The van der Waals surface area contributed by atoms with Crippen molar-refractivity contribution in [3.63, 3.8) is 0 Å². The van der Waals surface area contributed by atoms with Crippen molar-refractivity contribution in [1.82, 2.24) is 15.1 Å². The summed E-state index contributed by atoms with van der Waals surface area (Å²) >= 11 is 7.94. The molecule has 3 fully saturated rings. The molecule has 6 nitrogen and oxygen atoms in total. The summed E-state index contributed by atoms with van der Waals surface area (Å²) < 4.78 is 5.37. The fourth-order valence-corrected chi connectivity index (χ4v) is 7.02. The average Bonchev–Trinajstić information content (AvgIpc) is 2.92. The quantitative estimate of drug-likeness (QED) is 0.511. The molecule has 2 amide bonds. The van der Waals surface area contributed by atoms with Crippen molar-refractivity contribution >= 4 is 41.3 Å². The number of thioether (sulfide) groups is 1. The number of ether oxygens (including phenoxy) is 1. The highest BCUT2D eigenvalue weighted by molar-refractivity contribution is 8.04. The Morgan fingerprint density at radius 3 is 2.68 bits per heavy atom. The molecule has 0 bridgehead atoms.